The van der Waals surface area contributed by atoms with Crippen LogP contribution in [0, 0.1) is 0 Å². The third kappa shape index (κ3) is 4.10. The molecule has 0 N–H and O–H groups in total. The molecule has 220 valence electrons. The van der Waals surface area contributed by atoms with Gasteiger partial charge in [0.2, 0.25) is 0 Å². The Bertz CT molecular complexity index is 2120. The van der Waals surface area contributed by atoms with Gasteiger partial charge in [0.15, 0.2) is 17.5 Å². The highest BCUT2D eigenvalue weighted by molar-refractivity contribution is 5.93. The van der Waals surface area contributed by atoms with Crippen molar-refractivity contribution in [2.75, 3.05) is 4.90 Å². The molecule has 6 aromatic rings. The van der Waals surface area contributed by atoms with E-state index in [0.29, 0.717) is 17.5 Å². The zero-order chi connectivity index (χ0) is 30.8. The maximum Gasteiger partial charge on any atom is 0.164 e. The van der Waals surface area contributed by atoms with Gasteiger partial charge in [0.25, 0.3) is 0 Å². The van der Waals surface area contributed by atoms with E-state index < -0.39 is 0 Å². The lowest BCUT2D eigenvalue weighted by Gasteiger charge is -2.33. The van der Waals surface area contributed by atoms with Crippen molar-refractivity contribution in [2.45, 2.75) is 31.2 Å². The summed E-state index contributed by atoms with van der Waals surface area (Å²) in [5.74, 6) is 2.28. The van der Waals surface area contributed by atoms with Gasteiger partial charge in [-0.15, -0.1) is 0 Å². The molecule has 9 rings (SSSR count). The van der Waals surface area contributed by atoms with E-state index in [-0.39, 0.29) is 17.4 Å². The smallest absolute Gasteiger partial charge is 0.164 e. The molecule has 0 saturated heterocycles. The van der Waals surface area contributed by atoms with Gasteiger partial charge in [-0.3, -0.25) is 0 Å². The van der Waals surface area contributed by atoms with Gasteiger partial charge in [-0.1, -0.05) is 129 Å². The fraction of sp³-hybridized carbons (Fsp3) is 0.119. The van der Waals surface area contributed by atoms with E-state index in [9.17, 15) is 0 Å². The molecule has 0 fully saturated rings. The fourth-order valence-electron chi connectivity index (χ4n) is 7.60. The number of allylic oxidation sites excluding steroid dienone is 2. The largest absolute Gasteiger partial charge is 0.333 e. The number of anilines is 2. The Labute approximate surface area is 269 Å². The average molecular weight is 593 g/mol. The first kappa shape index (κ1) is 26.8. The Balaban J connectivity index is 1.13. The van der Waals surface area contributed by atoms with Crippen LogP contribution in [0.5, 0.6) is 0 Å². The third-order valence-corrected chi connectivity index (χ3v) is 9.86. The maximum atomic E-state index is 4.95. The summed E-state index contributed by atoms with van der Waals surface area (Å²) in [7, 11) is 0. The first-order chi connectivity index (χ1) is 22.6. The van der Waals surface area contributed by atoms with Gasteiger partial charge in [0, 0.05) is 39.4 Å². The molecule has 0 spiro atoms. The average Bonchev–Trinajstić information content (AvgIpc) is 3.56. The summed E-state index contributed by atoms with van der Waals surface area (Å²) in [5.41, 5.74) is 12.3. The van der Waals surface area contributed by atoms with Crippen molar-refractivity contribution in [1.82, 2.24) is 15.0 Å². The third-order valence-electron chi connectivity index (χ3n) is 9.86. The molecule has 46 heavy (non-hydrogen) atoms. The zero-order valence-corrected chi connectivity index (χ0v) is 25.8. The van der Waals surface area contributed by atoms with Crippen molar-refractivity contribution in [2.24, 2.45) is 0 Å². The molecule has 4 heteroatoms. The number of hydrogen-bond acceptors (Lipinski definition) is 4. The standard InChI is InChI=1S/C42H32N4/c1-42(2)35-19-11-9-17-31(35)33-25-34-32-18-10-12-20-37(32)46(38(34)26-36(33)42)30-23-21-29(22-24-30)41-44-39(27-13-5-3-6-14-27)43-40(45-41)28-15-7-4-8-16-28/h3-26,34,38H,1-2H3. The Kier molecular flexibility index (Phi) is 5.94. The maximum absolute atomic E-state index is 4.95. The van der Waals surface area contributed by atoms with Crippen molar-refractivity contribution in [3.63, 3.8) is 0 Å². The highest BCUT2D eigenvalue weighted by atomic mass is 15.2. The van der Waals surface area contributed by atoms with E-state index in [1.165, 1.54) is 33.5 Å². The van der Waals surface area contributed by atoms with Crippen LogP contribution in [0.1, 0.15) is 36.5 Å². The highest BCUT2D eigenvalue weighted by Gasteiger charge is 2.46. The predicted octanol–water partition coefficient (Wildman–Crippen LogP) is 9.79. The summed E-state index contributed by atoms with van der Waals surface area (Å²) >= 11 is 0. The minimum atomic E-state index is -0.0384. The highest BCUT2D eigenvalue weighted by Crippen LogP contribution is 2.57. The molecule has 1 aromatic heterocycles. The van der Waals surface area contributed by atoms with Crippen LogP contribution in [0.4, 0.5) is 11.4 Å². The van der Waals surface area contributed by atoms with Gasteiger partial charge in [0.1, 0.15) is 0 Å². The second kappa shape index (κ2) is 10.2. The molecule has 5 aromatic carbocycles. The number of hydrogen-bond donors (Lipinski definition) is 0. The lowest BCUT2D eigenvalue weighted by Crippen LogP contribution is -2.31. The molecule has 0 saturated carbocycles. The number of rotatable bonds is 4. The fourth-order valence-corrected chi connectivity index (χ4v) is 7.60. The Morgan fingerprint density at radius 3 is 1.74 bits per heavy atom. The second-order valence-electron chi connectivity index (χ2n) is 12.9. The van der Waals surface area contributed by atoms with Crippen LogP contribution in [-0.4, -0.2) is 21.0 Å². The van der Waals surface area contributed by atoms with Gasteiger partial charge in [-0.25, -0.2) is 15.0 Å². The van der Waals surface area contributed by atoms with Crippen molar-refractivity contribution in [1.29, 1.82) is 0 Å². The van der Waals surface area contributed by atoms with Gasteiger partial charge in [-0.05, 0) is 58.2 Å². The Morgan fingerprint density at radius 1 is 0.543 bits per heavy atom. The Hall–Kier alpha value is -5.61. The van der Waals surface area contributed by atoms with Crippen LogP contribution >= 0.6 is 0 Å². The summed E-state index contributed by atoms with van der Waals surface area (Å²) in [5, 5.41) is 0. The number of fused-ring (bicyclic) bond motifs is 6. The van der Waals surface area contributed by atoms with E-state index in [1.54, 1.807) is 0 Å². The van der Waals surface area contributed by atoms with E-state index in [0.717, 1.165) is 22.4 Å². The van der Waals surface area contributed by atoms with Crippen molar-refractivity contribution >= 4 is 16.9 Å². The molecule has 2 heterocycles. The molecule has 2 aliphatic carbocycles. The predicted molar refractivity (Wildman–Crippen MR) is 187 cm³/mol. The van der Waals surface area contributed by atoms with E-state index >= 15 is 0 Å². The molecule has 3 aliphatic rings. The quantitative estimate of drug-likeness (QED) is 0.204. The van der Waals surface area contributed by atoms with Crippen LogP contribution in [-0.2, 0) is 5.41 Å². The Morgan fingerprint density at radius 2 is 1.09 bits per heavy atom. The topological polar surface area (TPSA) is 41.9 Å². The number of aromatic nitrogens is 3. The summed E-state index contributed by atoms with van der Waals surface area (Å²) in [6.07, 6.45) is 5.07. The zero-order valence-electron chi connectivity index (χ0n) is 25.8. The van der Waals surface area contributed by atoms with Crippen LogP contribution in [0.25, 0.3) is 39.7 Å². The summed E-state index contributed by atoms with van der Waals surface area (Å²) in [6.45, 7) is 4.73. The molecular formula is C42H32N4. The molecule has 4 nitrogen and oxygen atoms in total. The summed E-state index contributed by atoms with van der Waals surface area (Å²) < 4.78 is 0. The van der Waals surface area contributed by atoms with Crippen molar-refractivity contribution < 1.29 is 0 Å². The van der Waals surface area contributed by atoms with Crippen LogP contribution in [0.15, 0.2) is 151 Å². The summed E-state index contributed by atoms with van der Waals surface area (Å²) in [6, 6.07) is 47.0. The molecule has 1 aliphatic heterocycles. The first-order valence-electron chi connectivity index (χ1n) is 16.0. The first-order valence-corrected chi connectivity index (χ1v) is 16.0. The van der Waals surface area contributed by atoms with Gasteiger partial charge in [0.05, 0.1) is 6.04 Å². The number of nitrogens with zero attached hydrogens (tertiary/aromatic N) is 4. The minimum absolute atomic E-state index is 0.0384. The molecular weight excluding hydrogens is 560 g/mol. The molecule has 0 amide bonds. The van der Waals surface area contributed by atoms with Crippen molar-refractivity contribution in [3.8, 4) is 34.2 Å². The van der Waals surface area contributed by atoms with E-state index in [4.69, 9.17) is 15.0 Å². The summed E-state index contributed by atoms with van der Waals surface area (Å²) in [4.78, 5) is 17.3. The monoisotopic (exact) mass is 592 g/mol. The van der Waals surface area contributed by atoms with Crippen LogP contribution < -0.4 is 4.90 Å². The lowest BCUT2D eigenvalue weighted by atomic mass is 9.77. The van der Waals surface area contributed by atoms with Gasteiger partial charge < -0.3 is 4.90 Å². The molecule has 2 unspecified atom stereocenters. The number of para-hydroxylation sites is 1. The normalized spacial score (nSPS) is 18.6. The molecule has 2 atom stereocenters. The SMILES string of the molecule is CC1(C)C2=CC3C(C=C2c2ccccc21)c1ccccc1N3c1ccc(-c2nc(-c3ccccc3)nc(-c3ccccc3)n2)cc1. The van der Waals surface area contributed by atoms with Crippen LogP contribution in [0.2, 0.25) is 0 Å². The second-order valence-corrected chi connectivity index (χ2v) is 12.9. The van der Waals surface area contributed by atoms with E-state index in [1.807, 2.05) is 60.7 Å². The lowest BCUT2D eigenvalue weighted by molar-refractivity contribution is 0.639. The van der Waals surface area contributed by atoms with Crippen LogP contribution in [0.3, 0.4) is 0 Å². The van der Waals surface area contributed by atoms with E-state index in [2.05, 4.69) is 104 Å². The van der Waals surface area contributed by atoms with Gasteiger partial charge >= 0.3 is 0 Å². The molecule has 0 radical (unpaired) electrons. The molecule has 0 bridgehead atoms. The number of benzene rings is 5. The van der Waals surface area contributed by atoms with Gasteiger partial charge in [-0.2, -0.15) is 0 Å². The minimum Gasteiger partial charge on any atom is -0.333 e. The van der Waals surface area contributed by atoms with Crippen molar-refractivity contribution in [3.05, 3.63) is 168 Å².